The van der Waals surface area contributed by atoms with Crippen LogP contribution in [0.4, 0.5) is 0 Å². The highest BCUT2D eigenvalue weighted by atomic mass is 79.9. The summed E-state index contributed by atoms with van der Waals surface area (Å²) in [6, 6.07) is 15.3. The molecule has 2 amide bonds. The lowest BCUT2D eigenvalue weighted by atomic mass is 9.92. The number of carboxylic acid groups (broad SMARTS) is 2. The number of aliphatic carboxylic acids is 2. The van der Waals surface area contributed by atoms with Crippen LogP contribution in [0.15, 0.2) is 57.5 Å². The van der Waals surface area contributed by atoms with E-state index in [1.165, 1.54) is 0 Å². The van der Waals surface area contributed by atoms with Gasteiger partial charge in [-0.05, 0) is 104 Å². The fraction of sp³-hybridized carbons (Fsp3) is 0.381. The monoisotopic (exact) mass is 952 g/mol. The van der Waals surface area contributed by atoms with Crippen molar-refractivity contribution in [3.05, 3.63) is 90.9 Å². The SMILES string of the molecule is Cc1c(COc2nc(OC[C@H]3CCC(=O)N3)c(CNCC(=O)O)cc2Br)cccc1-c1cccc(COc2nc(OC[C@@H]3CCC(=O)N3)c(CNCC(=O)O)cc2Br)c1C. The zero-order valence-electron chi connectivity index (χ0n) is 33.1. The lowest BCUT2D eigenvalue weighted by Gasteiger charge is -2.19. The first-order valence-electron chi connectivity index (χ1n) is 19.4. The van der Waals surface area contributed by atoms with Crippen molar-refractivity contribution >= 4 is 55.6 Å². The highest BCUT2D eigenvalue weighted by molar-refractivity contribution is 9.10. The molecule has 2 aromatic carbocycles. The number of pyridine rings is 2. The van der Waals surface area contributed by atoms with Crippen LogP contribution in [0, 0.1) is 13.8 Å². The van der Waals surface area contributed by atoms with Gasteiger partial charge in [-0.2, -0.15) is 9.97 Å². The first-order valence-corrected chi connectivity index (χ1v) is 20.9. The third kappa shape index (κ3) is 11.9. The van der Waals surface area contributed by atoms with Crippen molar-refractivity contribution in [2.75, 3.05) is 26.3 Å². The number of aromatic nitrogens is 2. The number of nitrogens with zero attached hydrogens (tertiary/aromatic N) is 2. The van der Waals surface area contributed by atoms with Crippen molar-refractivity contribution < 1.29 is 48.3 Å². The number of hydrogen-bond donors (Lipinski definition) is 6. The van der Waals surface area contributed by atoms with Gasteiger partial charge >= 0.3 is 11.9 Å². The van der Waals surface area contributed by atoms with Gasteiger partial charge in [-0.3, -0.25) is 19.2 Å². The van der Waals surface area contributed by atoms with E-state index < -0.39 is 11.9 Å². The molecule has 0 unspecified atom stereocenters. The van der Waals surface area contributed by atoms with E-state index in [-0.39, 0.29) is 88.3 Å². The third-order valence-corrected chi connectivity index (χ3v) is 11.2. The molecule has 60 heavy (non-hydrogen) atoms. The van der Waals surface area contributed by atoms with Crippen LogP contribution >= 0.6 is 31.9 Å². The highest BCUT2D eigenvalue weighted by Crippen LogP contribution is 2.35. The Balaban J connectivity index is 1.16. The number of carbonyl (C=O) groups is 4. The van der Waals surface area contributed by atoms with Gasteiger partial charge in [-0.15, -0.1) is 0 Å². The number of amides is 2. The fourth-order valence-corrected chi connectivity index (χ4v) is 7.78. The van der Waals surface area contributed by atoms with Gasteiger partial charge in [0.15, 0.2) is 0 Å². The summed E-state index contributed by atoms with van der Waals surface area (Å²) in [6.45, 7) is 4.80. The third-order valence-electron chi connectivity index (χ3n) is 10.1. The summed E-state index contributed by atoms with van der Waals surface area (Å²) >= 11 is 7.13. The molecule has 2 aromatic heterocycles. The van der Waals surface area contributed by atoms with Gasteiger partial charge in [-0.25, -0.2) is 0 Å². The van der Waals surface area contributed by atoms with Crippen LogP contribution in [0.1, 0.15) is 59.1 Å². The number of hydrogen-bond acceptors (Lipinski definition) is 12. The van der Waals surface area contributed by atoms with E-state index in [1.807, 2.05) is 38.1 Å². The quantitative estimate of drug-likeness (QED) is 0.0640. The molecule has 4 heterocycles. The number of rotatable bonds is 21. The van der Waals surface area contributed by atoms with Gasteiger partial charge < -0.3 is 50.4 Å². The molecule has 0 aliphatic carbocycles. The van der Waals surface area contributed by atoms with Crippen LogP contribution in [0.25, 0.3) is 11.1 Å². The Morgan fingerprint density at radius 3 is 1.45 bits per heavy atom. The van der Waals surface area contributed by atoms with E-state index in [0.29, 0.717) is 57.5 Å². The Morgan fingerprint density at radius 2 is 1.08 bits per heavy atom. The molecular weight excluding hydrogens is 908 g/mol. The highest BCUT2D eigenvalue weighted by Gasteiger charge is 2.24. The Kier molecular flexibility index (Phi) is 15.3. The summed E-state index contributed by atoms with van der Waals surface area (Å²) in [5.41, 5.74) is 7.17. The van der Waals surface area contributed by atoms with Crippen molar-refractivity contribution in [1.29, 1.82) is 0 Å². The molecule has 0 saturated carbocycles. The summed E-state index contributed by atoms with van der Waals surface area (Å²) in [7, 11) is 0. The smallest absolute Gasteiger partial charge is 0.317 e. The number of benzene rings is 2. The molecule has 6 N–H and O–H groups in total. The first kappa shape index (κ1) is 44.3. The molecule has 18 heteroatoms. The van der Waals surface area contributed by atoms with Crippen molar-refractivity contribution in [3.8, 4) is 34.6 Å². The second kappa shape index (κ2) is 20.8. The maximum Gasteiger partial charge on any atom is 0.317 e. The molecule has 6 rings (SSSR count). The predicted molar refractivity (Wildman–Crippen MR) is 226 cm³/mol. The Hall–Kier alpha value is -5.30. The van der Waals surface area contributed by atoms with Gasteiger partial charge in [0, 0.05) is 37.1 Å². The second-order valence-electron chi connectivity index (χ2n) is 14.5. The number of nitrogens with one attached hydrogen (secondary N) is 4. The lowest BCUT2D eigenvalue weighted by molar-refractivity contribution is -0.137. The normalized spacial score (nSPS) is 16.0. The molecule has 2 aliphatic heterocycles. The van der Waals surface area contributed by atoms with Crippen LogP contribution in [-0.2, 0) is 45.5 Å². The van der Waals surface area contributed by atoms with Crippen molar-refractivity contribution in [2.45, 2.75) is 77.9 Å². The average Bonchev–Trinajstić information content (AvgIpc) is 3.83. The summed E-state index contributed by atoms with van der Waals surface area (Å²) in [4.78, 5) is 55.0. The Bertz CT molecular complexity index is 2090. The topological polar surface area (TPSA) is 220 Å². The minimum absolute atomic E-state index is 0.0280. The molecule has 2 aliphatic rings. The second-order valence-corrected chi connectivity index (χ2v) is 16.2. The van der Waals surface area contributed by atoms with E-state index in [2.05, 4.69) is 75.2 Å². The average molecular weight is 955 g/mol. The maximum absolute atomic E-state index is 11.7. The van der Waals surface area contributed by atoms with E-state index in [4.69, 9.17) is 29.2 Å². The lowest BCUT2D eigenvalue weighted by Crippen LogP contribution is -2.31. The summed E-state index contributed by atoms with van der Waals surface area (Å²) < 4.78 is 25.8. The molecule has 0 spiro atoms. The van der Waals surface area contributed by atoms with Crippen LogP contribution in [0.3, 0.4) is 0 Å². The number of ether oxygens (including phenoxy) is 4. The Labute approximate surface area is 363 Å². The predicted octanol–water partition coefficient (Wildman–Crippen LogP) is 5.11. The van der Waals surface area contributed by atoms with Crippen molar-refractivity contribution in [2.24, 2.45) is 0 Å². The largest absolute Gasteiger partial charge is 0.480 e. The zero-order chi connectivity index (χ0) is 42.8. The molecule has 4 aromatic rings. The van der Waals surface area contributed by atoms with Crippen molar-refractivity contribution in [3.63, 3.8) is 0 Å². The van der Waals surface area contributed by atoms with Gasteiger partial charge in [0.2, 0.25) is 35.3 Å². The molecule has 2 saturated heterocycles. The van der Waals surface area contributed by atoms with Crippen LogP contribution < -0.4 is 40.2 Å². The van der Waals surface area contributed by atoms with Gasteiger partial charge in [0.25, 0.3) is 0 Å². The zero-order valence-corrected chi connectivity index (χ0v) is 36.2. The maximum atomic E-state index is 11.7. The molecule has 2 fully saturated rings. The van der Waals surface area contributed by atoms with Crippen molar-refractivity contribution in [1.82, 2.24) is 31.2 Å². The van der Waals surface area contributed by atoms with Gasteiger partial charge in [0.1, 0.15) is 26.4 Å². The van der Waals surface area contributed by atoms with Gasteiger partial charge in [0.05, 0.1) is 34.1 Å². The van der Waals surface area contributed by atoms with Crippen LogP contribution in [0.2, 0.25) is 0 Å². The molecule has 2 atom stereocenters. The minimum Gasteiger partial charge on any atom is -0.480 e. The summed E-state index contributed by atoms with van der Waals surface area (Å²) in [5, 5.41) is 29.7. The number of halogens is 2. The van der Waals surface area contributed by atoms with Crippen LogP contribution in [0.5, 0.6) is 23.5 Å². The molecule has 16 nitrogen and oxygen atoms in total. The van der Waals surface area contributed by atoms with E-state index in [1.54, 1.807) is 12.1 Å². The standard InChI is InChI=1S/C42H46Br2N6O10/c1-23-25(19-57-41-33(43)13-27(15-45-17-37(53)54)39(49-41)59-21-29-9-11-35(51)47-29)5-3-7-31(23)32-8-4-6-26(24(32)2)20-58-42-34(44)14-28(16-46-18-38(55)56)40(50-42)60-22-30-10-12-36(52)48-30/h3-8,13-14,29-30,45-46H,9-12,15-22H2,1-2H3,(H,47,51)(H,48,52)(H,53,54)(H,55,56)/t29-,30+. The number of carboxylic acids is 2. The van der Waals surface area contributed by atoms with E-state index in [0.717, 1.165) is 33.4 Å². The van der Waals surface area contributed by atoms with E-state index >= 15 is 0 Å². The van der Waals surface area contributed by atoms with E-state index in [9.17, 15) is 19.2 Å². The van der Waals surface area contributed by atoms with Gasteiger partial charge in [-0.1, -0.05) is 36.4 Å². The van der Waals surface area contributed by atoms with Crippen LogP contribution in [-0.4, -0.2) is 82.3 Å². The molecule has 318 valence electrons. The Morgan fingerprint density at radius 1 is 0.667 bits per heavy atom. The number of carbonyl (C=O) groups excluding carboxylic acids is 2. The summed E-state index contributed by atoms with van der Waals surface area (Å²) in [5.74, 6) is -0.880. The summed E-state index contributed by atoms with van der Waals surface area (Å²) in [6.07, 6.45) is 2.16. The minimum atomic E-state index is -0.988. The molecule has 0 bridgehead atoms. The fourth-order valence-electron chi connectivity index (χ4n) is 6.82. The molecular formula is C42H46Br2N6O10. The first-order chi connectivity index (χ1) is 28.8. The molecule has 0 radical (unpaired) electrons.